The molecule has 1 aromatic carbocycles. The quantitative estimate of drug-likeness (QED) is 0.753. The van der Waals surface area contributed by atoms with Crippen molar-refractivity contribution in [2.75, 3.05) is 18.0 Å². The van der Waals surface area contributed by atoms with Gasteiger partial charge in [0.25, 0.3) is 0 Å². The topological polar surface area (TPSA) is 29.3 Å². The van der Waals surface area contributed by atoms with E-state index in [1.807, 2.05) is 0 Å². The molecule has 2 aliphatic heterocycles. The first-order valence-electron chi connectivity index (χ1n) is 5.99. The number of anilines is 1. The van der Waals surface area contributed by atoms with Gasteiger partial charge >= 0.3 is 0 Å². The van der Waals surface area contributed by atoms with E-state index in [-0.39, 0.29) is 0 Å². The van der Waals surface area contributed by atoms with Gasteiger partial charge in [-0.15, -0.1) is 0 Å². The summed E-state index contributed by atoms with van der Waals surface area (Å²) in [6, 6.07) is 4.53. The number of benzene rings is 1. The molecule has 2 nitrogen and oxygen atoms in total. The molecule has 2 heteroatoms. The van der Waals surface area contributed by atoms with Gasteiger partial charge in [-0.1, -0.05) is 12.1 Å². The van der Waals surface area contributed by atoms with Crippen molar-refractivity contribution in [3.63, 3.8) is 0 Å². The third-order valence-corrected chi connectivity index (χ3v) is 3.73. The van der Waals surface area contributed by atoms with Crippen LogP contribution < -0.4 is 10.6 Å². The molecule has 0 amide bonds. The molecule has 0 unspecified atom stereocenters. The summed E-state index contributed by atoms with van der Waals surface area (Å²) in [5, 5.41) is 0. The van der Waals surface area contributed by atoms with Crippen molar-refractivity contribution in [3.8, 4) is 0 Å². The average molecular weight is 202 g/mol. The van der Waals surface area contributed by atoms with Gasteiger partial charge < -0.3 is 10.6 Å². The van der Waals surface area contributed by atoms with Crippen LogP contribution in [0.25, 0.3) is 0 Å². The molecule has 3 rings (SSSR count). The Bertz CT molecular complexity index is 382. The van der Waals surface area contributed by atoms with Gasteiger partial charge in [0.1, 0.15) is 0 Å². The Morgan fingerprint density at radius 3 is 2.73 bits per heavy atom. The summed E-state index contributed by atoms with van der Waals surface area (Å²) < 4.78 is 0. The molecule has 2 N–H and O–H groups in total. The van der Waals surface area contributed by atoms with Gasteiger partial charge in [0.05, 0.1) is 0 Å². The van der Waals surface area contributed by atoms with Gasteiger partial charge in [-0.25, -0.2) is 0 Å². The molecule has 0 saturated heterocycles. The van der Waals surface area contributed by atoms with Gasteiger partial charge in [-0.2, -0.15) is 0 Å². The number of hydrogen-bond donors (Lipinski definition) is 1. The Balaban J connectivity index is 2.18. The van der Waals surface area contributed by atoms with Crippen LogP contribution in [0.15, 0.2) is 12.1 Å². The number of aryl methyl sites for hydroxylation is 1. The van der Waals surface area contributed by atoms with Crippen LogP contribution in [0.3, 0.4) is 0 Å². The zero-order valence-electron chi connectivity index (χ0n) is 9.13. The van der Waals surface area contributed by atoms with Crippen molar-refractivity contribution in [1.82, 2.24) is 0 Å². The second kappa shape index (κ2) is 3.53. The summed E-state index contributed by atoms with van der Waals surface area (Å²) in [5.41, 5.74) is 11.8. The van der Waals surface area contributed by atoms with Crippen LogP contribution in [0.4, 0.5) is 5.69 Å². The molecule has 80 valence electrons. The summed E-state index contributed by atoms with van der Waals surface area (Å²) in [5.74, 6) is 0. The average Bonchev–Trinajstić information content (AvgIpc) is 2.30. The second-order valence-corrected chi connectivity index (χ2v) is 4.61. The summed E-state index contributed by atoms with van der Waals surface area (Å²) in [7, 11) is 0. The molecule has 0 radical (unpaired) electrons. The third kappa shape index (κ3) is 1.36. The zero-order chi connectivity index (χ0) is 10.3. The van der Waals surface area contributed by atoms with Gasteiger partial charge in [-0.3, -0.25) is 0 Å². The highest BCUT2D eigenvalue weighted by molar-refractivity contribution is 5.65. The van der Waals surface area contributed by atoms with Crippen molar-refractivity contribution in [2.45, 2.75) is 32.2 Å². The smallest absolute Gasteiger partial charge is 0.0434 e. The Morgan fingerprint density at radius 2 is 1.93 bits per heavy atom. The summed E-state index contributed by atoms with van der Waals surface area (Å²) in [6.07, 6.45) is 5.09. The second-order valence-electron chi connectivity index (χ2n) is 4.61. The van der Waals surface area contributed by atoms with Gasteiger partial charge in [0, 0.05) is 25.3 Å². The van der Waals surface area contributed by atoms with Gasteiger partial charge in [0.15, 0.2) is 0 Å². The highest BCUT2D eigenvalue weighted by Crippen LogP contribution is 2.36. The van der Waals surface area contributed by atoms with Crippen LogP contribution in [0, 0.1) is 0 Å². The van der Waals surface area contributed by atoms with E-state index >= 15 is 0 Å². The van der Waals surface area contributed by atoms with E-state index < -0.39 is 0 Å². The maximum absolute atomic E-state index is 5.81. The number of nitrogens with two attached hydrogens (primary N) is 1. The van der Waals surface area contributed by atoms with Crippen molar-refractivity contribution < 1.29 is 0 Å². The first-order valence-corrected chi connectivity index (χ1v) is 5.99. The van der Waals surface area contributed by atoms with Gasteiger partial charge in [0.2, 0.25) is 0 Å². The molecule has 0 bridgehead atoms. The number of nitrogens with zero attached hydrogens (tertiary/aromatic N) is 1. The molecule has 0 fully saturated rings. The number of hydrogen-bond acceptors (Lipinski definition) is 2. The van der Waals surface area contributed by atoms with Crippen LogP contribution in [-0.4, -0.2) is 13.1 Å². The van der Waals surface area contributed by atoms with Crippen molar-refractivity contribution in [3.05, 3.63) is 28.8 Å². The van der Waals surface area contributed by atoms with E-state index in [1.54, 1.807) is 11.1 Å². The molecule has 0 spiro atoms. The van der Waals surface area contributed by atoms with Crippen molar-refractivity contribution in [1.29, 1.82) is 0 Å². The Hall–Kier alpha value is -1.02. The highest BCUT2D eigenvalue weighted by atomic mass is 15.1. The van der Waals surface area contributed by atoms with Crippen molar-refractivity contribution >= 4 is 5.69 Å². The highest BCUT2D eigenvalue weighted by Gasteiger charge is 2.24. The zero-order valence-corrected chi connectivity index (χ0v) is 9.13. The Kier molecular flexibility index (Phi) is 2.17. The van der Waals surface area contributed by atoms with Crippen LogP contribution in [0.5, 0.6) is 0 Å². The molecule has 0 aliphatic carbocycles. The summed E-state index contributed by atoms with van der Waals surface area (Å²) in [6.45, 7) is 3.18. The molecular weight excluding hydrogens is 184 g/mol. The van der Waals surface area contributed by atoms with Gasteiger partial charge in [-0.05, 0) is 42.4 Å². The van der Waals surface area contributed by atoms with E-state index in [2.05, 4.69) is 17.0 Å². The normalized spacial score (nSPS) is 18.9. The lowest BCUT2D eigenvalue weighted by Crippen LogP contribution is -2.35. The monoisotopic (exact) mass is 202 g/mol. The predicted octanol–water partition coefficient (Wildman–Crippen LogP) is 1.84. The lowest BCUT2D eigenvalue weighted by molar-refractivity contribution is 0.630. The molecule has 2 aliphatic rings. The molecule has 1 aromatic rings. The van der Waals surface area contributed by atoms with Crippen LogP contribution in [-0.2, 0) is 19.4 Å². The first kappa shape index (κ1) is 9.22. The lowest BCUT2D eigenvalue weighted by atomic mass is 9.89. The lowest BCUT2D eigenvalue weighted by Gasteiger charge is -2.37. The fourth-order valence-corrected chi connectivity index (χ4v) is 3.03. The first-order chi connectivity index (χ1) is 7.40. The maximum Gasteiger partial charge on any atom is 0.0434 e. The molecule has 15 heavy (non-hydrogen) atoms. The van der Waals surface area contributed by atoms with E-state index in [9.17, 15) is 0 Å². The molecular formula is C13H18N2. The minimum atomic E-state index is 0.691. The Morgan fingerprint density at radius 1 is 1.13 bits per heavy atom. The molecule has 0 atom stereocenters. The van der Waals surface area contributed by atoms with Crippen molar-refractivity contribution in [2.24, 2.45) is 5.73 Å². The summed E-state index contributed by atoms with van der Waals surface area (Å²) in [4.78, 5) is 2.57. The largest absolute Gasteiger partial charge is 0.371 e. The van der Waals surface area contributed by atoms with Crippen LogP contribution in [0.2, 0.25) is 0 Å². The third-order valence-electron chi connectivity index (χ3n) is 3.73. The van der Waals surface area contributed by atoms with Crippen LogP contribution in [0.1, 0.15) is 29.5 Å². The predicted molar refractivity (Wildman–Crippen MR) is 63.2 cm³/mol. The van der Waals surface area contributed by atoms with E-state index in [0.29, 0.717) is 6.54 Å². The maximum atomic E-state index is 5.81. The molecule has 0 saturated carbocycles. The van der Waals surface area contributed by atoms with E-state index in [4.69, 9.17) is 5.73 Å². The Labute approximate surface area is 91.1 Å². The fraction of sp³-hybridized carbons (Fsp3) is 0.538. The van der Waals surface area contributed by atoms with Crippen LogP contribution >= 0.6 is 0 Å². The van der Waals surface area contributed by atoms with E-state index in [0.717, 1.165) is 0 Å². The minimum absolute atomic E-state index is 0.691. The SMILES string of the molecule is NCc1ccc2c3c1CCCN3CCC2. The van der Waals surface area contributed by atoms with E-state index in [1.165, 1.54) is 50.0 Å². The molecule has 2 heterocycles. The summed E-state index contributed by atoms with van der Waals surface area (Å²) >= 11 is 0. The fourth-order valence-electron chi connectivity index (χ4n) is 3.03. The standard InChI is InChI=1S/C13H18N2/c14-9-11-6-5-10-3-1-7-15-8-2-4-12(11)13(10)15/h5-6H,1-4,7-9,14H2. The molecule has 0 aromatic heterocycles. The minimum Gasteiger partial charge on any atom is -0.371 e. The number of rotatable bonds is 1.